The minimum absolute atomic E-state index is 0.0573. The molecule has 0 unspecified atom stereocenters. The summed E-state index contributed by atoms with van der Waals surface area (Å²) in [6.45, 7) is 0. The second-order valence-corrected chi connectivity index (χ2v) is 5.66. The zero-order valence-corrected chi connectivity index (χ0v) is 11.7. The summed E-state index contributed by atoms with van der Waals surface area (Å²) in [6, 6.07) is 7.15. The maximum Gasteiger partial charge on any atom is 0.339 e. The van der Waals surface area contributed by atoms with Crippen LogP contribution in [0.15, 0.2) is 24.3 Å². The number of aromatic nitrogens is 1. The molecule has 3 rings (SSSR count). The fourth-order valence-corrected chi connectivity index (χ4v) is 3.16. The van der Waals surface area contributed by atoms with E-state index < -0.39 is 11.6 Å². The van der Waals surface area contributed by atoms with E-state index in [2.05, 4.69) is 4.98 Å². The van der Waals surface area contributed by atoms with E-state index in [9.17, 15) is 15.0 Å². The average Bonchev–Trinajstić information content (AvgIpc) is 2.47. The Hall–Kier alpha value is -2.14. The highest BCUT2D eigenvalue weighted by Crippen LogP contribution is 2.40. The number of rotatable bonds is 2. The number of nitrogen functional groups attached to an aromatic ring is 1. The molecular weight excluding hydrogens is 268 g/mol. The van der Waals surface area contributed by atoms with Crippen LogP contribution in [0.5, 0.6) is 0 Å². The third-order valence-corrected chi connectivity index (χ3v) is 4.27. The zero-order chi connectivity index (χ0) is 15.0. The van der Waals surface area contributed by atoms with Crippen LogP contribution in [0.1, 0.15) is 48.2 Å². The largest absolute Gasteiger partial charge is 0.478 e. The first-order chi connectivity index (χ1) is 10.0. The molecule has 1 aromatic carbocycles. The van der Waals surface area contributed by atoms with Crippen molar-refractivity contribution in [1.82, 2.24) is 4.98 Å². The predicted molar refractivity (Wildman–Crippen MR) is 80.1 cm³/mol. The number of fused-ring (bicyclic) bond motifs is 1. The van der Waals surface area contributed by atoms with Gasteiger partial charge in [0.05, 0.1) is 16.9 Å². The second-order valence-electron chi connectivity index (χ2n) is 5.66. The first kappa shape index (κ1) is 13.8. The molecular formula is C16H18N2O3. The van der Waals surface area contributed by atoms with Crippen LogP contribution < -0.4 is 5.73 Å². The highest BCUT2D eigenvalue weighted by molar-refractivity contribution is 6.04. The second kappa shape index (κ2) is 5.00. The van der Waals surface area contributed by atoms with Crippen molar-refractivity contribution < 1.29 is 15.0 Å². The third-order valence-electron chi connectivity index (χ3n) is 4.27. The fourth-order valence-electron chi connectivity index (χ4n) is 3.16. The lowest BCUT2D eigenvalue weighted by Crippen LogP contribution is -2.32. The van der Waals surface area contributed by atoms with Gasteiger partial charge in [-0.3, -0.25) is 0 Å². The van der Waals surface area contributed by atoms with Crippen LogP contribution in [0, 0.1) is 0 Å². The number of benzene rings is 1. The van der Waals surface area contributed by atoms with E-state index in [1.165, 1.54) is 0 Å². The van der Waals surface area contributed by atoms with E-state index >= 15 is 0 Å². The Morgan fingerprint density at radius 1 is 1.19 bits per heavy atom. The molecule has 0 saturated heterocycles. The molecule has 0 spiro atoms. The molecule has 2 aromatic rings. The van der Waals surface area contributed by atoms with Crippen molar-refractivity contribution in [3.8, 4) is 0 Å². The van der Waals surface area contributed by atoms with Gasteiger partial charge in [0.2, 0.25) is 0 Å². The minimum atomic E-state index is -1.19. The molecule has 0 bridgehead atoms. The Kier molecular flexibility index (Phi) is 3.29. The van der Waals surface area contributed by atoms with Crippen molar-refractivity contribution in [2.45, 2.75) is 37.7 Å². The van der Waals surface area contributed by atoms with Gasteiger partial charge in [0, 0.05) is 5.39 Å². The van der Waals surface area contributed by atoms with E-state index in [1.807, 2.05) is 6.07 Å². The highest BCUT2D eigenvalue weighted by atomic mass is 16.4. The normalized spacial score (nSPS) is 17.8. The van der Waals surface area contributed by atoms with Gasteiger partial charge in [-0.2, -0.15) is 0 Å². The van der Waals surface area contributed by atoms with Gasteiger partial charge < -0.3 is 15.9 Å². The first-order valence-corrected chi connectivity index (χ1v) is 7.17. The number of nitrogens with zero attached hydrogens (tertiary/aromatic N) is 1. The van der Waals surface area contributed by atoms with Crippen molar-refractivity contribution in [3.05, 3.63) is 35.5 Å². The van der Waals surface area contributed by atoms with Gasteiger partial charge in [-0.25, -0.2) is 9.78 Å². The number of carbonyl (C=O) groups is 1. The van der Waals surface area contributed by atoms with Crippen LogP contribution in [0.2, 0.25) is 0 Å². The lowest BCUT2D eigenvalue weighted by atomic mass is 9.80. The summed E-state index contributed by atoms with van der Waals surface area (Å²) in [5.41, 5.74) is 5.82. The first-order valence-electron chi connectivity index (χ1n) is 7.17. The van der Waals surface area contributed by atoms with Gasteiger partial charge in [-0.1, -0.05) is 37.5 Å². The number of para-hydroxylation sites is 1. The molecule has 1 fully saturated rings. The van der Waals surface area contributed by atoms with Crippen molar-refractivity contribution in [3.63, 3.8) is 0 Å². The number of hydrogen-bond acceptors (Lipinski definition) is 4. The van der Waals surface area contributed by atoms with Crippen LogP contribution in [-0.2, 0) is 5.60 Å². The summed E-state index contributed by atoms with van der Waals surface area (Å²) in [5, 5.41) is 21.0. The number of nitrogens with two attached hydrogens (primary N) is 1. The van der Waals surface area contributed by atoms with Gasteiger partial charge in [0.1, 0.15) is 11.2 Å². The standard InChI is InChI=1S/C16H18N2O3/c17-13-10-6-2-3-7-11(10)18-14(12(13)15(19)20)16(21)8-4-1-5-9-16/h2-3,6-7,21H,1,4-5,8-9H2,(H2,17,18)(H,19,20). The smallest absolute Gasteiger partial charge is 0.339 e. The SMILES string of the molecule is Nc1c(C(=O)O)c(C2(O)CCCCC2)nc2ccccc12. The number of hydrogen-bond donors (Lipinski definition) is 3. The number of anilines is 1. The number of pyridine rings is 1. The molecule has 110 valence electrons. The van der Waals surface area contributed by atoms with E-state index in [0.717, 1.165) is 19.3 Å². The maximum absolute atomic E-state index is 11.6. The van der Waals surface area contributed by atoms with Crippen molar-refractivity contribution in [1.29, 1.82) is 0 Å². The average molecular weight is 286 g/mol. The van der Waals surface area contributed by atoms with Gasteiger partial charge >= 0.3 is 5.97 Å². The highest BCUT2D eigenvalue weighted by Gasteiger charge is 2.37. The topological polar surface area (TPSA) is 96.4 Å². The Morgan fingerprint density at radius 3 is 2.52 bits per heavy atom. The molecule has 0 radical (unpaired) electrons. The molecule has 21 heavy (non-hydrogen) atoms. The van der Waals surface area contributed by atoms with Gasteiger partial charge in [-0.15, -0.1) is 0 Å². The molecule has 1 saturated carbocycles. The summed E-state index contributed by atoms with van der Waals surface area (Å²) in [7, 11) is 0. The van der Waals surface area contributed by atoms with Gasteiger partial charge in [-0.05, 0) is 18.9 Å². The predicted octanol–water partition coefficient (Wildman–Crippen LogP) is 2.67. The van der Waals surface area contributed by atoms with E-state index in [-0.39, 0.29) is 16.9 Å². The number of carboxylic acids is 1. The van der Waals surface area contributed by atoms with E-state index in [0.29, 0.717) is 23.7 Å². The zero-order valence-electron chi connectivity index (χ0n) is 11.7. The molecule has 0 atom stereocenters. The molecule has 0 amide bonds. The van der Waals surface area contributed by atoms with Crippen LogP contribution in [0.3, 0.4) is 0 Å². The quantitative estimate of drug-likeness (QED) is 0.788. The Labute approximate surface area is 122 Å². The fraction of sp³-hybridized carbons (Fsp3) is 0.375. The van der Waals surface area contributed by atoms with Gasteiger partial charge in [0.15, 0.2) is 0 Å². The maximum atomic E-state index is 11.6. The van der Waals surface area contributed by atoms with Gasteiger partial charge in [0.25, 0.3) is 0 Å². The minimum Gasteiger partial charge on any atom is -0.478 e. The molecule has 1 heterocycles. The molecule has 1 aliphatic carbocycles. The number of aromatic carboxylic acids is 1. The van der Waals surface area contributed by atoms with E-state index in [1.54, 1.807) is 18.2 Å². The summed E-state index contributed by atoms with van der Waals surface area (Å²) in [5.74, 6) is -1.14. The van der Waals surface area contributed by atoms with E-state index in [4.69, 9.17) is 5.73 Å². The Bertz CT molecular complexity index is 706. The molecule has 4 N–H and O–H groups in total. The molecule has 5 heteroatoms. The lowest BCUT2D eigenvalue weighted by molar-refractivity contribution is -0.00564. The van der Waals surface area contributed by atoms with Crippen LogP contribution in [0.4, 0.5) is 5.69 Å². The van der Waals surface area contributed by atoms with Crippen LogP contribution in [-0.4, -0.2) is 21.2 Å². The van der Waals surface area contributed by atoms with Crippen molar-refractivity contribution in [2.75, 3.05) is 5.73 Å². The Morgan fingerprint density at radius 2 is 1.86 bits per heavy atom. The summed E-state index contributed by atoms with van der Waals surface area (Å²) in [6.07, 6.45) is 3.83. The monoisotopic (exact) mass is 286 g/mol. The lowest BCUT2D eigenvalue weighted by Gasteiger charge is -2.33. The van der Waals surface area contributed by atoms with Crippen molar-refractivity contribution >= 4 is 22.6 Å². The summed E-state index contributed by atoms with van der Waals surface area (Å²) < 4.78 is 0. The Balaban J connectivity index is 2.30. The molecule has 0 aliphatic heterocycles. The molecule has 1 aromatic heterocycles. The van der Waals surface area contributed by atoms with Crippen molar-refractivity contribution in [2.24, 2.45) is 0 Å². The summed E-state index contributed by atoms with van der Waals surface area (Å²) in [4.78, 5) is 16.1. The van der Waals surface area contributed by atoms with Crippen LogP contribution >= 0.6 is 0 Å². The molecule has 5 nitrogen and oxygen atoms in total. The number of carboxylic acid groups (broad SMARTS) is 1. The van der Waals surface area contributed by atoms with Crippen LogP contribution in [0.25, 0.3) is 10.9 Å². The molecule has 1 aliphatic rings. The summed E-state index contributed by atoms with van der Waals surface area (Å²) >= 11 is 0. The number of aliphatic hydroxyl groups is 1. The third kappa shape index (κ3) is 2.23.